The van der Waals surface area contributed by atoms with Crippen molar-refractivity contribution in [3.8, 4) is 44.5 Å². The molecule has 0 saturated heterocycles. The third kappa shape index (κ3) is 7.36. The van der Waals surface area contributed by atoms with E-state index in [-0.39, 0.29) is 10.8 Å². The van der Waals surface area contributed by atoms with Gasteiger partial charge in [0.1, 0.15) is 0 Å². The summed E-state index contributed by atoms with van der Waals surface area (Å²) in [6.45, 7) is 27.9. The van der Waals surface area contributed by atoms with Gasteiger partial charge in [0, 0.05) is 45.0 Å². The van der Waals surface area contributed by atoms with Crippen molar-refractivity contribution in [3.05, 3.63) is 249 Å². The number of rotatable bonds is 8. The zero-order chi connectivity index (χ0) is 51.5. The first-order chi connectivity index (χ1) is 35.5. The summed E-state index contributed by atoms with van der Waals surface area (Å²) in [7, 11) is 0. The summed E-state index contributed by atoms with van der Waals surface area (Å²) in [5.41, 5.74) is 32.6. The lowest BCUT2D eigenvalue weighted by atomic mass is 9.75. The Morgan fingerprint density at radius 3 is 0.932 bits per heavy atom. The van der Waals surface area contributed by atoms with Gasteiger partial charge in [-0.3, -0.25) is 0 Å². The predicted octanol–water partition coefficient (Wildman–Crippen LogP) is 20.2. The van der Waals surface area contributed by atoms with Crippen molar-refractivity contribution in [1.82, 2.24) is 0 Å². The maximum absolute atomic E-state index is 2.62. The molecule has 0 fully saturated rings. The highest BCUT2D eigenvalue weighted by molar-refractivity contribution is 6.18. The first-order valence-electron chi connectivity index (χ1n) is 26.5. The normalized spacial score (nSPS) is 13.6. The molecule has 0 spiro atoms. The molecule has 2 heteroatoms. The van der Waals surface area contributed by atoms with E-state index in [0.717, 1.165) is 22.7 Å². The van der Waals surface area contributed by atoms with Crippen LogP contribution in [-0.4, -0.2) is 0 Å². The molecule has 0 amide bonds. The monoisotopic (exact) mass is 959 g/mol. The standard InChI is InChI=1S/C72H66N2/c1-43-33-44(2)36-55(35-43)73(51-25-15-13-16-26-51)53-29-31-57-61(39-53)71(9,10)63-41-59-60(69(67(57)63)65-47(5)21-19-22-48(65)6)42-64-68(70(59)66-49(7)23-20-24-50(66)8)58-32-30-54(40-62(58)72(64,11)12)74(52-27-17-14-18-28-52)56-37-45(3)34-46(4)38-56/h13-42H,1-12H3. The molecule has 0 aromatic heterocycles. The fraction of sp³-hybridized carbons (Fsp3) is 0.194. The Bertz CT molecular complexity index is 3590. The summed E-state index contributed by atoms with van der Waals surface area (Å²) in [6, 6.07) is 69.1. The van der Waals surface area contributed by atoms with Gasteiger partial charge in [-0.2, -0.15) is 0 Å². The first kappa shape index (κ1) is 47.1. The molecular weight excluding hydrogens is 893 g/mol. The summed E-state index contributed by atoms with van der Waals surface area (Å²) < 4.78 is 0. The van der Waals surface area contributed by atoms with Crippen LogP contribution in [-0.2, 0) is 10.8 Å². The Kier molecular flexibility index (Phi) is 11.0. The smallest absolute Gasteiger partial charge is 0.0466 e. The Hall–Kier alpha value is -7.94. The largest absolute Gasteiger partial charge is 0.310 e. The lowest BCUT2D eigenvalue weighted by Gasteiger charge is -2.29. The van der Waals surface area contributed by atoms with Crippen LogP contribution in [0.3, 0.4) is 0 Å². The second kappa shape index (κ2) is 17.3. The van der Waals surface area contributed by atoms with Crippen LogP contribution in [0.15, 0.2) is 182 Å². The van der Waals surface area contributed by atoms with Crippen molar-refractivity contribution in [1.29, 1.82) is 0 Å². The van der Waals surface area contributed by atoms with Gasteiger partial charge in [-0.1, -0.05) is 125 Å². The minimum Gasteiger partial charge on any atom is -0.310 e. The molecular formula is C72H66N2. The SMILES string of the molecule is Cc1cc(C)cc(N(c2ccccc2)c2ccc3c(c2)C(C)(C)c2cc4c(-c5c(C)cccc5C)c5c(cc4c(-c4c(C)cccc4C)c2-3)C(C)(C)c2cc(N(c3ccccc3)c3cc(C)cc(C)c3)ccc2-5)c1. The fourth-order valence-electron chi connectivity index (χ4n) is 13.3. The maximum atomic E-state index is 2.62. The van der Waals surface area contributed by atoms with Gasteiger partial charge in [0.25, 0.3) is 0 Å². The summed E-state index contributed by atoms with van der Waals surface area (Å²) in [5, 5.41) is 2.63. The number of hydrogen-bond acceptors (Lipinski definition) is 2. The van der Waals surface area contributed by atoms with E-state index in [2.05, 4.69) is 275 Å². The van der Waals surface area contributed by atoms with E-state index in [9.17, 15) is 0 Å². The molecule has 0 atom stereocenters. The first-order valence-corrected chi connectivity index (χ1v) is 26.5. The molecule has 10 aromatic carbocycles. The number of para-hydroxylation sites is 2. The molecule has 0 aliphatic heterocycles. The third-order valence-corrected chi connectivity index (χ3v) is 16.6. The number of aryl methyl sites for hydroxylation is 8. The highest BCUT2D eigenvalue weighted by Gasteiger charge is 2.43. The van der Waals surface area contributed by atoms with E-state index in [1.54, 1.807) is 0 Å². The number of fused-ring (bicyclic) bond motifs is 7. The molecule has 0 unspecified atom stereocenters. The highest BCUT2D eigenvalue weighted by Crippen LogP contribution is 2.61. The second-order valence-electron chi connectivity index (χ2n) is 22.7. The number of benzene rings is 10. The third-order valence-electron chi connectivity index (χ3n) is 16.6. The summed E-state index contributed by atoms with van der Waals surface area (Å²) >= 11 is 0. The molecule has 0 radical (unpaired) electrons. The number of nitrogens with zero attached hydrogens (tertiary/aromatic N) is 2. The van der Waals surface area contributed by atoms with E-state index in [1.807, 2.05) is 0 Å². The highest BCUT2D eigenvalue weighted by atomic mass is 15.1. The van der Waals surface area contributed by atoms with Crippen LogP contribution in [0, 0.1) is 55.4 Å². The van der Waals surface area contributed by atoms with Crippen molar-refractivity contribution in [2.75, 3.05) is 9.80 Å². The average Bonchev–Trinajstić information content (AvgIpc) is 3.81. The molecule has 0 heterocycles. The molecule has 0 N–H and O–H groups in total. The minimum atomic E-state index is -0.330. The van der Waals surface area contributed by atoms with E-state index in [1.165, 1.54) is 133 Å². The molecule has 0 saturated carbocycles. The molecule has 12 rings (SSSR count). The van der Waals surface area contributed by atoms with Crippen LogP contribution >= 0.6 is 0 Å². The Morgan fingerprint density at radius 1 is 0.257 bits per heavy atom. The molecule has 2 nitrogen and oxygen atoms in total. The van der Waals surface area contributed by atoms with Crippen molar-refractivity contribution >= 4 is 44.9 Å². The average molecular weight is 959 g/mol. The topological polar surface area (TPSA) is 6.48 Å². The van der Waals surface area contributed by atoms with Gasteiger partial charge in [0.05, 0.1) is 0 Å². The van der Waals surface area contributed by atoms with Crippen molar-refractivity contribution in [3.63, 3.8) is 0 Å². The summed E-state index contributed by atoms with van der Waals surface area (Å²) in [4.78, 5) is 4.88. The van der Waals surface area contributed by atoms with E-state index in [0.29, 0.717) is 0 Å². The second-order valence-corrected chi connectivity index (χ2v) is 22.7. The van der Waals surface area contributed by atoms with Crippen LogP contribution in [0.5, 0.6) is 0 Å². The van der Waals surface area contributed by atoms with Gasteiger partial charge >= 0.3 is 0 Å². The van der Waals surface area contributed by atoms with E-state index >= 15 is 0 Å². The Morgan fingerprint density at radius 2 is 0.595 bits per heavy atom. The molecule has 2 aliphatic rings. The van der Waals surface area contributed by atoms with Crippen LogP contribution < -0.4 is 9.80 Å². The van der Waals surface area contributed by atoms with Gasteiger partial charge in [-0.25, -0.2) is 0 Å². The van der Waals surface area contributed by atoms with Gasteiger partial charge < -0.3 is 9.80 Å². The molecule has 10 aromatic rings. The summed E-state index contributed by atoms with van der Waals surface area (Å²) in [5.74, 6) is 0. The maximum Gasteiger partial charge on any atom is 0.0466 e. The van der Waals surface area contributed by atoms with Gasteiger partial charge in [0.15, 0.2) is 0 Å². The lowest BCUT2D eigenvalue weighted by Crippen LogP contribution is -2.17. The zero-order valence-electron chi connectivity index (χ0n) is 45.2. The van der Waals surface area contributed by atoms with Crippen molar-refractivity contribution in [2.24, 2.45) is 0 Å². The molecule has 74 heavy (non-hydrogen) atoms. The molecule has 2 aliphatic carbocycles. The lowest BCUT2D eigenvalue weighted by molar-refractivity contribution is 0.660. The number of hydrogen-bond donors (Lipinski definition) is 0. The van der Waals surface area contributed by atoms with Crippen molar-refractivity contribution < 1.29 is 0 Å². The molecule has 0 bridgehead atoms. The van der Waals surface area contributed by atoms with Crippen LogP contribution in [0.4, 0.5) is 34.1 Å². The van der Waals surface area contributed by atoms with Gasteiger partial charge in [0.2, 0.25) is 0 Å². The van der Waals surface area contributed by atoms with Gasteiger partial charge in [-0.15, -0.1) is 0 Å². The predicted molar refractivity (Wildman–Crippen MR) is 317 cm³/mol. The Labute approximate surface area is 439 Å². The molecule has 364 valence electrons. The van der Waals surface area contributed by atoms with Crippen molar-refractivity contribution in [2.45, 2.75) is 93.9 Å². The van der Waals surface area contributed by atoms with E-state index < -0.39 is 0 Å². The van der Waals surface area contributed by atoms with Gasteiger partial charge in [-0.05, 0) is 262 Å². The number of anilines is 6. The Balaban J connectivity index is 1.16. The van der Waals surface area contributed by atoms with Crippen LogP contribution in [0.1, 0.15) is 94.5 Å². The zero-order valence-corrected chi connectivity index (χ0v) is 45.2. The summed E-state index contributed by atoms with van der Waals surface area (Å²) in [6.07, 6.45) is 0. The fourth-order valence-corrected chi connectivity index (χ4v) is 13.3. The van der Waals surface area contributed by atoms with Crippen LogP contribution in [0.2, 0.25) is 0 Å². The van der Waals surface area contributed by atoms with E-state index in [4.69, 9.17) is 0 Å². The van der Waals surface area contributed by atoms with Crippen LogP contribution in [0.25, 0.3) is 55.3 Å². The minimum absolute atomic E-state index is 0.330. The quantitative estimate of drug-likeness (QED) is 0.150.